The SMILES string of the molecule is C=CC(CC[C@]1(OC)O[C@H](CC(=C)CCCC(O)[C@@]2(C[C@H](C)[C@@H](C)COCc3ccccc3)CCC(COCOC)=C(C)[C@@H]2/C=C(\C)[C@@H]2C[C@H](C=C)O[C@H](c3ccc(OC)cc3)O2)CC[C@@]1(C)O[Si](C)(C)C)O[Si](CC)(CC)CC. The summed E-state index contributed by atoms with van der Waals surface area (Å²) in [7, 11) is 1.18. The van der Waals surface area contributed by atoms with E-state index in [4.69, 9.17) is 46.7 Å². The van der Waals surface area contributed by atoms with Crippen LogP contribution in [-0.4, -0.2) is 105 Å². The second-order valence-electron chi connectivity index (χ2n) is 24.9. The van der Waals surface area contributed by atoms with Gasteiger partial charge in [-0.15, -0.1) is 13.2 Å². The van der Waals surface area contributed by atoms with Crippen molar-refractivity contribution in [2.45, 2.75) is 225 Å². The van der Waals surface area contributed by atoms with Crippen molar-refractivity contribution in [3.8, 4) is 5.75 Å². The molecule has 450 valence electrons. The van der Waals surface area contributed by atoms with Crippen LogP contribution in [0, 0.1) is 23.2 Å². The van der Waals surface area contributed by atoms with Crippen LogP contribution in [0.1, 0.15) is 150 Å². The van der Waals surface area contributed by atoms with Crippen LogP contribution in [0.2, 0.25) is 37.8 Å². The minimum absolute atomic E-state index is 0.0900. The van der Waals surface area contributed by atoms with E-state index < -0.39 is 45.8 Å². The molecule has 13 heteroatoms. The first-order valence-corrected chi connectivity index (χ1v) is 36.3. The molecule has 1 N–H and O–H groups in total. The maximum atomic E-state index is 13.2. The van der Waals surface area contributed by atoms with E-state index in [2.05, 4.69) is 125 Å². The molecule has 2 aromatic rings. The lowest BCUT2D eigenvalue weighted by Crippen LogP contribution is -2.64. The highest BCUT2D eigenvalue weighted by Gasteiger charge is 2.57. The van der Waals surface area contributed by atoms with E-state index in [-0.39, 0.29) is 49.0 Å². The summed E-state index contributed by atoms with van der Waals surface area (Å²) in [6.45, 7) is 39.7. The van der Waals surface area contributed by atoms with Gasteiger partial charge in [-0.25, -0.2) is 0 Å². The molecular weight excluding hydrogens is 1040 g/mol. The van der Waals surface area contributed by atoms with E-state index in [9.17, 15) is 5.11 Å². The Labute approximate surface area is 487 Å². The van der Waals surface area contributed by atoms with Gasteiger partial charge in [0.2, 0.25) is 0 Å². The van der Waals surface area contributed by atoms with Crippen molar-refractivity contribution >= 4 is 16.6 Å². The molecule has 0 saturated carbocycles. The third kappa shape index (κ3) is 18.2. The Kier molecular flexibility index (Phi) is 26.9. The smallest absolute Gasteiger partial charge is 0.196 e. The summed E-state index contributed by atoms with van der Waals surface area (Å²) >= 11 is 0. The van der Waals surface area contributed by atoms with E-state index >= 15 is 0 Å². The number of rotatable bonds is 35. The van der Waals surface area contributed by atoms with E-state index in [0.717, 1.165) is 97.5 Å². The molecule has 2 saturated heterocycles. The van der Waals surface area contributed by atoms with Gasteiger partial charge in [0.25, 0.3) is 0 Å². The molecule has 11 nitrogen and oxygen atoms in total. The van der Waals surface area contributed by atoms with Crippen LogP contribution in [0.15, 0.2) is 115 Å². The van der Waals surface area contributed by atoms with Crippen LogP contribution >= 0.6 is 0 Å². The van der Waals surface area contributed by atoms with Crippen LogP contribution in [-0.2, 0) is 48.6 Å². The molecule has 0 radical (unpaired) electrons. The largest absolute Gasteiger partial charge is 0.497 e. The summed E-state index contributed by atoms with van der Waals surface area (Å²) in [5.74, 6) is 0.165. The Morgan fingerprint density at radius 2 is 1.60 bits per heavy atom. The monoisotopic (exact) mass is 1140 g/mol. The minimum atomic E-state index is -2.03. The lowest BCUT2D eigenvalue weighted by atomic mass is 9.56. The molecule has 80 heavy (non-hydrogen) atoms. The topological polar surface area (TPSA) is 113 Å². The van der Waals surface area contributed by atoms with E-state index in [1.165, 1.54) is 11.1 Å². The summed E-state index contributed by atoms with van der Waals surface area (Å²) in [5.41, 5.74) is 5.65. The number of allylic oxidation sites excluding steroid dienone is 2. The molecule has 3 aliphatic rings. The predicted octanol–water partition coefficient (Wildman–Crippen LogP) is 16.2. The van der Waals surface area contributed by atoms with Crippen LogP contribution in [0.25, 0.3) is 0 Å². The third-order valence-corrected chi connectivity index (χ3v) is 24.0. The highest BCUT2D eigenvalue weighted by molar-refractivity contribution is 6.73. The van der Waals surface area contributed by atoms with Crippen molar-refractivity contribution in [3.05, 3.63) is 126 Å². The molecule has 2 aromatic carbocycles. The Hall–Kier alpha value is -3.03. The van der Waals surface area contributed by atoms with Crippen molar-refractivity contribution in [1.82, 2.24) is 0 Å². The zero-order chi connectivity index (χ0) is 58.7. The first kappa shape index (κ1) is 67.8. The molecule has 0 aromatic heterocycles. The quantitative estimate of drug-likeness (QED) is 0.0308. The number of aliphatic hydroxyl groups excluding tert-OH is 1. The molecule has 12 atom stereocenters. The zero-order valence-corrected chi connectivity index (χ0v) is 54.2. The Bertz CT molecular complexity index is 2250. The number of aliphatic hydroxyl groups is 1. The van der Waals surface area contributed by atoms with Gasteiger partial charge in [0, 0.05) is 50.6 Å². The first-order chi connectivity index (χ1) is 38.1. The Morgan fingerprint density at radius 1 is 0.900 bits per heavy atom. The normalized spacial score (nSPS) is 27.5. The van der Waals surface area contributed by atoms with Crippen molar-refractivity contribution in [2.75, 3.05) is 41.3 Å². The van der Waals surface area contributed by atoms with Gasteiger partial charge in [-0.3, -0.25) is 0 Å². The summed E-state index contributed by atoms with van der Waals surface area (Å²) in [5, 5.41) is 13.2. The standard InChI is InChI=1S/C67H108O11Si2/c1-18-57(77-80(20-3,21-4)22-5)37-40-67(71-14)65(11,78-79(15,16)17)38-36-60(76-67)41-49(6)27-26-30-63(68)66(44-51(8)52(9)45-72-46-54-28-24-23-25-29-54)39-35-56(47-73-48-69-12)53(10)61(66)42-50(7)62-43-58(19-2)74-64(75-62)55-31-33-59(70-13)34-32-55/h18-19,23-25,28-29,31-34,42,51-52,57-58,60-64,68H,1-2,6,20-22,26-27,30,35-41,43-48H2,3-5,7-17H3/b50-42+/t51-,52-,57?,58-,60-,61-,62-,63?,64-,65+,66+,67-/m0/s1. The van der Waals surface area contributed by atoms with Crippen molar-refractivity contribution < 1.29 is 51.9 Å². The molecule has 2 aliphatic heterocycles. The molecule has 2 fully saturated rings. The fourth-order valence-corrected chi connectivity index (χ4v) is 17.5. The first-order valence-electron chi connectivity index (χ1n) is 30.3. The molecule has 0 bridgehead atoms. The van der Waals surface area contributed by atoms with Gasteiger partial charge in [-0.1, -0.05) is 113 Å². The summed E-state index contributed by atoms with van der Waals surface area (Å²) in [6.07, 6.45) is 13.4. The van der Waals surface area contributed by atoms with Crippen LogP contribution in [0.5, 0.6) is 5.75 Å². The zero-order valence-electron chi connectivity index (χ0n) is 52.2. The molecular formula is C67H108O11Si2. The summed E-state index contributed by atoms with van der Waals surface area (Å²) in [6, 6.07) is 21.5. The number of methoxy groups -OCH3 is 3. The van der Waals surface area contributed by atoms with Gasteiger partial charge in [-0.05, 0) is 163 Å². The molecule has 0 amide bonds. The van der Waals surface area contributed by atoms with Crippen LogP contribution in [0.3, 0.4) is 0 Å². The van der Waals surface area contributed by atoms with Crippen molar-refractivity contribution in [1.29, 1.82) is 0 Å². The van der Waals surface area contributed by atoms with E-state index in [0.29, 0.717) is 45.5 Å². The lowest BCUT2D eigenvalue weighted by Gasteiger charge is -2.54. The third-order valence-electron chi connectivity index (χ3n) is 18.3. The highest BCUT2D eigenvalue weighted by Crippen LogP contribution is 2.54. The summed E-state index contributed by atoms with van der Waals surface area (Å²) < 4.78 is 64.5. The average molecular weight is 1150 g/mol. The van der Waals surface area contributed by atoms with Gasteiger partial charge >= 0.3 is 0 Å². The molecule has 1 aliphatic carbocycles. The van der Waals surface area contributed by atoms with Gasteiger partial charge in [-0.2, -0.15) is 0 Å². The number of ether oxygens (including phenoxy) is 8. The Morgan fingerprint density at radius 3 is 2.21 bits per heavy atom. The number of hydrogen-bond acceptors (Lipinski definition) is 11. The van der Waals surface area contributed by atoms with Gasteiger partial charge in [0.05, 0.1) is 50.8 Å². The van der Waals surface area contributed by atoms with Gasteiger partial charge < -0.3 is 51.9 Å². The number of hydrogen-bond donors (Lipinski definition) is 1. The lowest BCUT2D eigenvalue weighted by molar-refractivity contribution is -0.344. The second kappa shape index (κ2) is 31.8. The van der Waals surface area contributed by atoms with Crippen molar-refractivity contribution in [3.63, 3.8) is 0 Å². The fraction of sp³-hybridized carbons (Fsp3) is 0.672. The van der Waals surface area contributed by atoms with Crippen molar-refractivity contribution in [2.24, 2.45) is 23.2 Å². The predicted molar refractivity (Wildman–Crippen MR) is 331 cm³/mol. The maximum absolute atomic E-state index is 13.2. The van der Waals surface area contributed by atoms with Crippen LogP contribution < -0.4 is 4.74 Å². The molecule has 0 spiro atoms. The fourth-order valence-electron chi connectivity index (χ4n) is 13.0. The van der Waals surface area contributed by atoms with E-state index in [1.807, 2.05) is 42.5 Å². The van der Waals surface area contributed by atoms with Gasteiger partial charge in [0.1, 0.15) is 18.1 Å². The minimum Gasteiger partial charge on any atom is -0.497 e. The van der Waals surface area contributed by atoms with Crippen LogP contribution in [0.4, 0.5) is 0 Å². The Balaban J connectivity index is 1.42. The van der Waals surface area contributed by atoms with Gasteiger partial charge in [0.15, 0.2) is 28.7 Å². The maximum Gasteiger partial charge on any atom is 0.196 e. The molecule has 2 unspecified atom stereocenters. The second-order valence-corrected chi connectivity index (χ2v) is 34.1. The highest BCUT2D eigenvalue weighted by atomic mass is 28.4. The number of benzene rings is 2. The molecule has 5 rings (SSSR count). The molecule has 2 heterocycles. The average Bonchev–Trinajstić information content (AvgIpc) is 3.45. The van der Waals surface area contributed by atoms with E-state index in [1.54, 1.807) is 21.3 Å². The summed E-state index contributed by atoms with van der Waals surface area (Å²) in [4.78, 5) is 0.